The van der Waals surface area contributed by atoms with E-state index in [0.717, 1.165) is 31.4 Å². The molecule has 1 fully saturated rings. The van der Waals surface area contributed by atoms with Crippen molar-refractivity contribution in [3.8, 4) is 11.5 Å². The summed E-state index contributed by atoms with van der Waals surface area (Å²) in [6.45, 7) is 6.24. The minimum absolute atomic E-state index is 0.00780. The highest BCUT2D eigenvalue weighted by atomic mass is 32.1. The summed E-state index contributed by atoms with van der Waals surface area (Å²) in [7, 11) is 1.62. The summed E-state index contributed by atoms with van der Waals surface area (Å²) in [6, 6.07) is 9.40. The van der Waals surface area contributed by atoms with E-state index in [4.69, 9.17) is 14.2 Å². The van der Waals surface area contributed by atoms with Crippen molar-refractivity contribution in [3.63, 3.8) is 0 Å². The van der Waals surface area contributed by atoms with E-state index in [1.807, 2.05) is 43.0 Å². The smallest absolute Gasteiger partial charge is 0.242 e. The van der Waals surface area contributed by atoms with E-state index in [9.17, 15) is 9.59 Å². The van der Waals surface area contributed by atoms with Crippen molar-refractivity contribution in [2.45, 2.75) is 51.7 Å². The number of hydrogen-bond acceptors (Lipinski definition) is 6. The second-order valence-corrected chi connectivity index (χ2v) is 10.6. The number of hydrogen-bond donors (Lipinski definition) is 0. The molecule has 0 unspecified atom stereocenters. The summed E-state index contributed by atoms with van der Waals surface area (Å²) in [5.41, 5.74) is 1.13. The molecule has 2 aliphatic heterocycles. The number of nitrogens with zero attached hydrogens (tertiary/aromatic N) is 2. The Morgan fingerprint density at radius 1 is 1.23 bits per heavy atom. The van der Waals surface area contributed by atoms with Crippen LogP contribution in [0.25, 0.3) is 0 Å². The van der Waals surface area contributed by atoms with Crippen LogP contribution in [0.1, 0.15) is 49.6 Å². The Hall–Kier alpha value is -2.58. The standard InChI is InChI=1S/C27H36N2O5S/c1-19(2)15-26(30)28(16-20-7-6-13-33-20)17-27(31)29-12-10-25-21(11-14-35-25)22(29)18-34-24-9-5-4-8-23(24)32-3/h4-5,8-9,11,14,19-20,22H,6-7,10,12-13,15-18H2,1-3H3/t20-,22-/m0/s1. The first-order valence-corrected chi connectivity index (χ1v) is 13.3. The Morgan fingerprint density at radius 2 is 2.03 bits per heavy atom. The number of methoxy groups -OCH3 is 1. The van der Waals surface area contributed by atoms with Crippen LogP contribution < -0.4 is 9.47 Å². The Labute approximate surface area is 212 Å². The Kier molecular flexibility index (Phi) is 8.68. The highest BCUT2D eigenvalue weighted by Crippen LogP contribution is 2.35. The molecule has 1 aromatic carbocycles. The van der Waals surface area contributed by atoms with Gasteiger partial charge in [-0.25, -0.2) is 0 Å². The van der Waals surface area contributed by atoms with E-state index in [1.165, 1.54) is 4.88 Å². The monoisotopic (exact) mass is 500 g/mol. The van der Waals surface area contributed by atoms with E-state index >= 15 is 0 Å². The highest BCUT2D eigenvalue weighted by molar-refractivity contribution is 7.10. The molecule has 35 heavy (non-hydrogen) atoms. The van der Waals surface area contributed by atoms with Gasteiger partial charge in [0, 0.05) is 31.0 Å². The van der Waals surface area contributed by atoms with Crippen LogP contribution in [0, 0.1) is 5.92 Å². The number of fused-ring (bicyclic) bond motifs is 1. The van der Waals surface area contributed by atoms with Crippen LogP contribution in [-0.2, 0) is 20.7 Å². The summed E-state index contributed by atoms with van der Waals surface area (Å²) in [5, 5.41) is 2.07. The van der Waals surface area contributed by atoms with Crippen molar-refractivity contribution in [2.75, 3.05) is 40.0 Å². The molecule has 2 aliphatic rings. The summed E-state index contributed by atoms with van der Waals surface area (Å²) < 4.78 is 17.4. The number of amides is 2. The Balaban J connectivity index is 1.50. The van der Waals surface area contributed by atoms with Gasteiger partial charge < -0.3 is 24.0 Å². The highest BCUT2D eigenvalue weighted by Gasteiger charge is 2.34. The van der Waals surface area contributed by atoms with Gasteiger partial charge in [-0.1, -0.05) is 26.0 Å². The van der Waals surface area contributed by atoms with Gasteiger partial charge in [0.15, 0.2) is 11.5 Å². The molecule has 8 heteroatoms. The minimum atomic E-state index is -0.216. The largest absolute Gasteiger partial charge is 0.493 e. The molecule has 190 valence electrons. The van der Waals surface area contributed by atoms with Crippen molar-refractivity contribution < 1.29 is 23.8 Å². The molecule has 0 radical (unpaired) electrons. The summed E-state index contributed by atoms with van der Waals surface area (Å²) in [4.78, 5) is 31.6. The third kappa shape index (κ3) is 6.35. The maximum Gasteiger partial charge on any atom is 0.242 e. The SMILES string of the molecule is COc1ccccc1OC[C@H]1c2ccsc2CCN1C(=O)CN(C[C@@H]1CCCO1)C(=O)CC(C)C. The number of carbonyl (C=O) groups excluding carboxylic acids is 2. The quantitative estimate of drug-likeness (QED) is 0.486. The van der Waals surface area contributed by atoms with Gasteiger partial charge in [-0.3, -0.25) is 9.59 Å². The van der Waals surface area contributed by atoms with Crippen molar-refractivity contribution >= 4 is 23.2 Å². The van der Waals surface area contributed by atoms with Gasteiger partial charge in [0.25, 0.3) is 0 Å². The van der Waals surface area contributed by atoms with Crippen LogP contribution in [-0.4, -0.2) is 67.7 Å². The fourth-order valence-electron chi connectivity index (χ4n) is 4.80. The zero-order chi connectivity index (χ0) is 24.8. The predicted octanol–water partition coefficient (Wildman–Crippen LogP) is 4.32. The van der Waals surface area contributed by atoms with E-state index < -0.39 is 0 Å². The lowest BCUT2D eigenvalue weighted by Crippen LogP contribution is -2.49. The van der Waals surface area contributed by atoms with E-state index in [0.29, 0.717) is 37.6 Å². The predicted molar refractivity (Wildman–Crippen MR) is 136 cm³/mol. The van der Waals surface area contributed by atoms with Crippen LogP contribution in [0.5, 0.6) is 11.5 Å². The molecule has 1 saturated heterocycles. The van der Waals surface area contributed by atoms with Gasteiger partial charge >= 0.3 is 0 Å². The molecular formula is C27H36N2O5S. The molecule has 0 spiro atoms. The normalized spacial score (nSPS) is 19.5. The summed E-state index contributed by atoms with van der Waals surface area (Å²) >= 11 is 1.72. The zero-order valence-corrected chi connectivity index (χ0v) is 21.7. The Bertz CT molecular complexity index is 1000. The van der Waals surface area contributed by atoms with Gasteiger partial charge in [0.2, 0.25) is 11.8 Å². The second kappa shape index (κ2) is 11.9. The second-order valence-electron chi connectivity index (χ2n) is 9.62. The first-order valence-electron chi connectivity index (χ1n) is 12.5. The lowest BCUT2D eigenvalue weighted by atomic mass is 10.00. The molecule has 4 rings (SSSR count). The molecule has 3 heterocycles. The topological polar surface area (TPSA) is 68.3 Å². The van der Waals surface area contributed by atoms with Crippen molar-refractivity contribution in [3.05, 3.63) is 46.2 Å². The molecule has 0 aliphatic carbocycles. The number of rotatable bonds is 10. The van der Waals surface area contributed by atoms with Gasteiger partial charge in [-0.2, -0.15) is 0 Å². The summed E-state index contributed by atoms with van der Waals surface area (Å²) in [6.07, 6.45) is 3.18. The average molecular weight is 501 g/mol. The number of para-hydroxylation sites is 2. The molecule has 2 amide bonds. The molecule has 2 aromatic rings. The maximum absolute atomic E-state index is 13.7. The number of carbonyl (C=O) groups is 2. The van der Waals surface area contributed by atoms with E-state index in [-0.39, 0.29) is 36.4 Å². The minimum Gasteiger partial charge on any atom is -0.493 e. The maximum atomic E-state index is 13.7. The van der Waals surface area contributed by atoms with Crippen molar-refractivity contribution in [1.82, 2.24) is 9.80 Å². The number of thiophene rings is 1. The van der Waals surface area contributed by atoms with Crippen LogP contribution in [0.4, 0.5) is 0 Å². The number of benzene rings is 1. The molecule has 0 saturated carbocycles. The van der Waals surface area contributed by atoms with Crippen molar-refractivity contribution in [1.29, 1.82) is 0 Å². The van der Waals surface area contributed by atoms with Gasteiger partial charge in [-0.15, -0.1) is 11.3 Å². The molecule has 1 aromatic heterocycles. The van der Waals surface area contributed by atoms with Gasteiger partial charge in [0.05, 0.1) is 25.8 Å². The van der Waals surface area contributed by atoms with Gasteiger partial charge in [-0.05, 0) is 54.3 Å². The van der Waals surface area contributed by atoms with Crippen molar-refractivity contribution in [2.24, 2.45) is 5.92 Å². The van der Waals surface area contributed by atoms with Crippen LogP contribution in [0.3, 0.4) is 0 Å². The molecule has 0 N–H and O–H groups in total. The van der Waals surface area contributed by atoms with Crippen LogP contribution in [0.15, 0.2) is 35.7 Å². The number of ether oxygens (including phenoxy) is 3. The molecule has 0 bridgehead atoms. The van der Waals surface area contributed by atoms with E-state index in [1.54, 1.807) is 23.3 Å². The summed E-state index contributed by atoms with van der Waals surface area (Å²) in [5.74, 6) is 1.50. The molecule has 7 nitrogen and oxygen atoms in total. The Morgan fingerprint density at radius 3 is 2.74 bits per heavy atom. The fraction of sp³-hybridized carbons (Fsp3) is 0.556. The molecular weight excluding hydrogens is 464 g/mol. The first-order chi connectivity index (χ1) is 17.0. The van der Waals surface area contributed by atoms with E-state index in [2.05, 4.69) is 11.4 Å². The lowest BCUT2D eigenvalue weighted by molar-refractivity contribution is -0.144. The third-order valence-electron chi connectivity index (χ3n) is 6.59. The third-order valence-corrected chi connectivity index (χ3v) is 7.59. The first kappa shape index (κ1) is 25.5. The van der Waals surface area contributed by atoms with Gasteiger partial charge in [0.1, 0.15) is 6.61 Å². The lowest BCUT2D eigenvalue weighted by Gasteiger charge is -2.37. The van der Waals surface area contributed by atoms with Crippen LogP contribution >= 0.6 is 11.3 Å². The fourth-order valence-corrected chi connectivity index (χ4v) is 5.73. The molecule has 2 atom stereocenters. The average Bonchev–Trinajstić information content (AvgIpc) is 3.53. The zero-order valence-electron chi connectivity index (χ0n) is 20.9. The van der Waals surface area contributed by atoms with Crippen LogP contribution in [0.2, 0.25) is 0 Å².